The van der Waals surface area contributed by atoms with E-state index in [1.165, 1.54) is 0 Å². The summed E-state index contributed by atoms with van der Waals surface area (Å²) in [5.74, 6) is 0.809. The van der Waals surface area contributed by atoms with E-state index in [0.717, 1.165) is 22.9 Å². The molecule has 0 atom stereocenters. The lowest BCUT2D eigenvalue weighted by Gasteiger charge is -2.02. The minimum atomic E-state index is 0.377. The Hall–Kier alpha value is -2.15. The predicted octanol–water partition coefficient (Wildman–Crippen LogP) is 1.86. The number of nitriles is 1. The molecule has 0 aliphatic heterocycles. The number of hydrogen-bond donors (Lipinski definition) is 0. The Bertz CT molecular complexity index is 534. The molecule has 0 aliphatic carbocycles. The highest BCUT2D eigenvalue weighted by Gasteiger charge is 2.12. The number of rotatable bonds is 2. The zero-order valence-electron chi connectivity index (χ0n) is 9.31. The Morgan fingerprint density at radius 1 is 1.44 bits per heavy atom. The summed E-state index contributed by atoms with van der Waals surface area (Å²) in [5.41, 5.74) is 2.67. The molecule has 4 nitrogen and oxygen atoms in total. The first-order valence-electron chi connectivity index (χ1n) is 5.04. The van der Waals surface area contributed by atoms with E-state index >= 15 is 0 Å². The minimum absolute atomic E-state index is 0.377. The standard InChI is InChI=1S/C12H12N4/c1-9-11(6-7-13)16(2)12(15-9)10-5-3-4-8-14-10/h3-5,8H,6H2,1-2H3. The van der Waals surface area contributed by atoms with Crippen molar-refractivity contribution >= 4 is 0 Å². The van der Waals surface area contributed by atoms with Crippen molar-refractivity contribution in [2.24, 2.45) is 7.05 Å². The van der Waals surface area contributed by atoms with Crippen LogP contribution >= 0.6 is 0 Å². The molecule has 80 valence electrons. The molecule has 16 heavy (non-hydrogen) atoms. The molecule has 0 fully saturated rings. The number of pyridine rings is 1. The molecule has 4 heteroatoms. The third-order valence-corrected chi connectivity index (χ3v) is 2.55. The fourth-order valence-corrected chi connectivity index (χ4v) is 1.71. The molecule has 0 unspecified atom stereocenters. The van der Waals surface area contributed by atoms with Crippen LogP contribution in [0.25, 0.3) is 11.5 Å². The first-order chi connectivity index (χ1) is 7.74. The summed E-state index contributed by atoms with van der Waals surface area (Å²) < 4.78 is 1.93. The van der Waals surface area contributed by atoms with Crippen LogP contribution in [0.3, 0.4) is 0 Å². The van der Waals surface area contributed by atoms with Crippen molar-refractivity contribution < 1.29 is 0 Å². The summed E-state index contributed by atoms with van der Waals surface area (Å²) in [5, 5.41) is 8.74. The van der Waals surface area contributed by atoms with Gasteiger partial charge < -0.3 is 4.57 Å². The fraction of sp³-hybridized carbons (Fsp3) is 0.250. The van der Waals surface area contributed by atoms with E-state index in [1.807, 2.05) is 36.7 Å². The molecule has 0 bridgehead atoms. The second-order valence-corrected chi connectivity index (χ2v) is 3.58. The van der Waals surface area contributed by atoms with Crippen molar-refractivity contribution in [2.45, 2.75) is 13.3 Å². The molecule has 2 aromatic rings. The number of nitrogens with zero attached hydrogens (tertiary/aromatic N) is 4. The van der Waals surface area contributed by atoms with Crippen molar-refractivity contribution in [3.63, 3.8) is 0 Å². The average molecular weight is 212 g/mol. The smallest absolute Gasteiger partial charge is 0.158 e. The van der Waals surface area contributed by atoms with Crippen LogP contribution in [0.2, 0.25) is 0 Å². The van der Waals surface area contributed by atoms with Crippen LogP contribution < -0.4 is 0 Å². The Labute approximate surface area is 94.2 Å². The quantitative estimate of drug-likeness (QED) is 0.763. The van der Waals surface area contributed by atoms with Gasteiger partial charge in [-0.15, -0.1) is 0 Å². The van der Waals surface area contributed by atoms with Gasteiger partial charge in [-0.1, -0.05) is 6.07 Å². The van der Waals surface area contributed by atoms with Crippen LogP contribution in [0.4, 0.5) is 0 Å². The van der Waals surface area contributed by atoms with Crippen LogP contribution in [0, 0.1) is 18.3 Å². The first kappa shape index (κ1) is 10.4. The van der Waals surface area contributed by atoms with Crippen LogP contribution in [0.15, 0.2) is 24.4 Å². The molecule has 0 radical (unpaired) electrons. The second kappa shape index (κ2) is 4.15. The van der Waals surface area contributed by atoms with E-state index in [9.17, 15) is 0 Å². The van der Waals surface area contributed by atoms with Crippen molar-refractivity contribution in [2.75, 3.05) is 0 Å². The van der Waals surface area contributed by atoms with Gasteiger partial charge in [-0.2, -0.15) is 5.26 Å². The molecule has 0 saturated heterocycles. The third kappa shape index (κ3) is 1.68. The summed E-state index contributed by atoms with van der Waals surface area (Å²) in [6.45, 7) is 1.92. The van der Waals surface area contributed by atoms with E-state index < -0.39 is 0 Å². The van der Waals surface area contributed by atoms with E-state index in [4.69, 9.17) is 5.26 Å². The zero-order valence-corrected chi connectivity index (χ0v) is 9.31. The van der Waals surface area contributed by atoms with E-state index in [1.54, 1.807) is 6.20 Å². The monoisotopic (exact) mass is 212 g/mol. The van der Waals surface area contributed by atoms with E-state index in [0.29, 0.717) is 6.42 Å². The Morgan fingerprint density at radius 3 is 2.88 bits per heavy atom. The van der Waals surface area contributed by atoms with Crippen molar-refractivity contribution in [1.29, 1.82) is 5.26 Å². The summed E-state index contributed by atoms with van der Waals surface area (Å²) in [6.07, 6.45) is 2.12. The van der Waals surface area contributed by atoms with Crippen LogP contribution in [-0.2, 0) is 13.5 Å². The van der Waals surface area contributed by atoms with Gasteiger partial charge in [0.1, 0.15) is 5.69 Å². The summed E-state index contributed by atoms with van der Waals surface area (Å²) in [4.78, 5) is 8.71. The summed E-state index contributed by atoms with van der Waals surface area (Å²) >= 11 is 0. The van der Waals surface area contributed by atoms with Crippen molar-refractivity contribution in [1.82, 2.24) is 14.5 Å². The predicted molar refractivity (Wildman–Crippen MR) is 60.5 cm³/mol. The zero-order chi connectivity index (χ0) is 11.5. The number of aromatic nitrogens is 3. The van der Waals surface area contributed by atoms with Gasteiger partial charge in [0.05, 0.1) is 23.9 Å². The summed E-state index contributed by atoms with van der Waals surface area (Å²) in [7, 11) is 1.91. The summed E-state index contributed by atoms with van der Waals surface area (Å²) in [6, 6.07) is 7.86. The molecular weight excluding hydrogens is 200 g/mol. The minimum Gasteiger partial charge on any atom is -0.329 e. The largest absolute Gasteiger partial charge is 0.329 e. The second-order valence-electron chi connectivity index (χ2n) is 3.58. The molecule has 2 aromatic heterocycles. The Balaban J connectivity index is 2.53. The molecule has 0 N–H and O–H groups in total. The lowest BCUT2D eigenvalue weighted by molar-refractivity contribution is 0.855. The van der Waals surface area contributed by atoms with Gasteiger partial charge in [-0.3, -0.25) is 4.98 Å². The van der Waals surface area contributed by atoms with Gasteiger partial charge in [-0.25, -0.2) is 4.98 Å². The van der Waals surface area contributed by atoms with Crippen LogP contribution in [0.5, 0.6) is 0 Å². The maximum Gasteiger partial charge on any atom is 0.158 e. The number of hydrogen-bond acceptors (Lipinski definition) is 3. The molecule has 0 amide bonds. The molecule has 0 spiro atoms. The average Bonchev–Trinajstić information content (AvgIpc) is 2.59. The molecule has 2 rings (SSSR count). The van der Waals surface area contributed by atoms with Gasteiger partial charge in [0, 0.05) is 13.2 Å². The highest BCUT2D eigenvalue weighted by molar-refractivity contribution is 5.51. The van der Waals surface area contributed by atoms with Gasteiger partial charge in [0.15, 0.2) is 5.82 Å². The topological polar surface area (TPSA) is 54.5 Å². The molecular formula is C12H12N4. The molecule has 2 heterocycles. The van der Waals surface area contributed by atoms with Crippen LogP contribution in [-0.4, -0.2) is 14.5 Å². The van der Waals surface area contributed by atoms with Crippen molar-refractivity contribution in [3.8, 4) is 17.6 Å². The van der Waals surface area contributed by atoms with Gasteiger partial charge >= 0.3 is 0 Å². The maximum absolute atomic E-state index is 8.74. The number of aryl methyl sites for hydroxylation is 1. The first-order valence-corrected chi connectivity index (χ1v) is 5.04. The molecule has 0 saturated carbocycles. The Morgan fingerprint density at radius 2 is 2.25 bits per heavy atom. The molecule has 0 aromatic carbocycles. The highest BCUT2D eigenvalue weighted by Crippen LogP contribution is 2.19. The maximum atomic E-state index is 8.74. The van der Waals surface area contributed by atoms with Crippen LogP contribution in [0.1, 0.15) is 11.4 Å². The third-order valence-electron chi connectivity index (χ3n) is 2.55. The lowest BCUT2D eigenvalue weighted by Crippen LogP contribution is -1.99. The van der Waals surface area contributed by atoms with Crippen molar-refractivity contribution in [3.05, 3.63) is 35.8 Å². The van der Waals surface area contributed by atoms with Gasteiger partial charge in [0.25, 0.3) is 0 Å². The SMILES string of the molecule is Cc1nc(-c2ccccn2)n(C)c1CC#N. The lowest BCUT2D eigenvalue weighted by atomic mass is 10.3. The van der Waals surface area contributed by atoms with Gasteiger partial charge in [0.2, 0.25) is 0 Å². The highest BCUT2D eigenvalue weighted by atomic mass is 15.1. The molecule has 0 aliphatic rings. The normalized spacial score (nSPS) is 10.1. The number of imidazole rings is 1. The van der Waals surface area contributed by atoms with E-state index in [2.05, 4.69) is 16.0 Å². The van der Waals surface area contributed by atoms with E-state index in [-0.39, 0.29) is 0 Å². The Kier molecular flexibility index (Phi) is 2.69. The van der Waals surface area contributed by atoms with Gasteiger partial charge in [-0.05, 0) is 19.1 Å². The fourth-order valence-electron chi connectivity index (χ4n) is 1.71.